The molecule has 0 bridgehead atoms. The number of rotatable bonds is 4. The number of nitrogens with zero attached hydrogens (tertiary/aromatic N) is 3. The summed E-state index contributed by atoms with van der Waals surface area (Å²) in [6, 6.07) is 7.76. The monoisotopic (exact) mass is 274 g/mol. The van der Waals surface area contributed by atoms with E-state index in [0.717, 1.165) is 23.0 Å². The second kappa shape index (κ2) is 6.10. The number of nitrogen functional groups attached to an aromatic ring is 1. The Kier molecular flexibility index (Phi) is 4.24. The molecule has 20 heavy (non-hydrogen) atoms. The molecule has 5 nitrogen and oxygen atoms in total. The molecule has 0 unspecified atom stereocenters. The van der Waals surface area contributed by atoms with Gasteiger partial charge >= 0.3 is 6.01 Å². The number of benzene rings is 1. The highest BCUT2D eigenvalue weighted by atomic mass is 19.1. The average molecular weight is 274 g/mol. The van der Waals surface area contributed by atoms with Crippen LogP contribution < -0.4 is 10.6 Å². The van der Waals surface area contributed by atoms with Gasteiger partial charge in [-0.15, -0.1) is 0 Å². The Hall–Kier alpha value is -2.50. The lowest BCUT2D eigenvalue weighted by Crippen LogP contribution is -2.06. The maximum absolute atomic E-state index is 12.9. The summed E-state index contributed by atoms with van der Waals surface area (Å²) in [4.78, 5) is 12.4. The minimum absolute atomic E-state index is 0.0802. The first-order chi connectivity index (χ1) is 9.61. The molecule has 2 aromatic rings. The number of anilines is 1. The molecule has 6 heteroatoms. The van der Waals surface area contributed by atoms with Crippen molar-refractivity contribution in [3.63, 3.8) is 0 Å². The van der Waals surface area contributed by atoms with Gasteiger partial charge in [-0.1, -0.05) is 36.3 Å². The molecule has 1 heterocycles. The summed E-state index contributed by atoms with van der Waals surface area (Å²) in [7, 11) is 0. The van der Waals surface area contributed by atoms with Crippen LogP contribution in [0.2, 0.25) is 0 Å². The molecule has 0 atom stereocenters. The first-order valence-corrected chi connectivity index (χ1v) is 6.19. The Morgan fingerprint density at radius 1 is 1.40 bits per heavy atom. The fourth-order valence-electron chi connectivity index (χ4n) is 1.70. The molecule has 0 amide bonds. The van der Waals surface area contributed by atoms with Gasteiger partial charge in [0.1, 0.15) is 0 Å². The van der Waals surface area contributed by atoms with Crippen molar-refractivity contribution in [2.75, 3.05) is 5.73 Å². The minimum atomic E-state index is -0.684. The summed E-state index contributed by atoms with van der Waals surface area (Å²) in [5, 5.41) is 4.03. The van der Waals surface area contributed by atoms with Crippen LogP contribution in [0.15, 0.2) is 35.6 Å². The van der Waals surface area contributed by atoms with Crippen LogP contribution in [0.1, 0.15) is 24.5 Å². The van der Waals surface area contributed by atoms with E-state index in [1.807, 2.05) is 38.1 Å². The summed E-state index contributed by atoms with van der Waals surface area (Å²) in [5.41, 5.74) is 8.18. The largest absolute Gasteiger partial charge is 0.381 e. The Labute approximate surface area is 116 Å². The summed E-state index contributed by atoms with van der Waals surface area (Å²) in [6.07, 6.45) is 1.63. The van der Waals surface area contributed by atoms with Crippen LogP contribution in [0.25, 0.3) is 0 Å². The van der Waals surface area contributed by atoms with Gasteiger partial charge in [0.2, 0.25) is 0 Å². The molecule has 0 aliphatic carbocycles. The van der Waals surface area contributed by atoms with Gasteiger partial charge in [0.05, 0.1) is 11.9 Å². The van der Waals surface area contributed by atoms with E-state index in [9.17, 15) is 4.39 Å². The average Bonchev–Trinajstić information content (AvgIpc) is 2.45. The molecule has 104 valence electrons. The zero-order chi connectivity index (χ0) is 14.5. The van der Waals surface area contributed by atoms with E-state index in [-0.39, 0.29) is 11.8 Å². The van der Waals surface area contributed by atoms with Crippen molar-refractivity contribution in [3.05, 3.63) is 47.4 Å². The quantitative estimate of drug-likeness (QED) is 0.687. The standard InChI is InChI=1S/C14H15FN4O/c1-3-12(10-7-5-4-6-9(10)2)19-20-14-17-8-11(15)13(16)18-14/h4-8H,3H2,1-2H3,(H2,16,17,18)/b19-12+. The highest BCUT2D eigenvalue weighted by molar-refractivity contribution is 6.01. The van der Waals surface area contributed by atoms with Gasteiger partial charge in [0.25, 0.3) is 0 Å². The lowest BCUT2D eigenvalue weighted by Gasteiger charge is -2.06. The molecular weight excluding hydrogens is 259 g/mol. The number of aromatic nitrogens is 2. The number of hydrogen-bond donors (Lipinski definition) is 1. The Morgan fingerprint density at radius 3 is 2.80 bits per heavy atom. The third-order valence-corrected chi connectivity index (χ3v) is 2.78. The van der Waals surface area contributed by atoms with Gasteiger partial charge in [-0.05, 0) is 18.9 Å². The van der Waals surface area contributed by atoms with E-state index in [1.165, 1.54) is 0 Å². The minimum Gasteiger partial charge on any atom is -0.381 e. The van der Waals surface area contributed by atoms with E-state index in [2.05, 4.69) is 15.1 Å². The molecular formula is C14H15FN4O. The van der Waals surface area contributed by atoms with Crippen molar-refractivity contribution in [3.8, 4) is 6.01 Å². The van der Waals surface area contributed by atoms with Crippen molar-refractivity contribution in [2.24, 2.45) is 5.16 Å². The van der Waals surface area contributed by atoms with E-state index in [1.54, 1.807) is 0 Å². The third kappa shape index (κ3) is 3.09. The Balaban J connectivity index is 2.24. The van der Waals surface area contributed by atoms with Gasteiger partial charge in [0.15, 0.2) is 11.6 Å². The van der Waals surface area contributed by atoms with Gasteiger partial charge in [0, 0.05) is 5.56 Å². The van der Waals surface area contributed by atoms with Gasteiger partial charge in [-0.25, -0.2) is 4.39 Å². The van der Waals surface area contributed by atoms with Crippen LogP contribution in [-0.2, 0) is 0 Å². The number of nitrogens with two attached hydrogens (primary N) is 1. The molecule has 0 aliphatic heterocycles. The van der Waals surface area contributed by atoms with Crippen LogP contribution in [0.5, 0.6) is 6.01 Å². The predicted octanol–water partition coefficient (Wildman–Crippen LogP) is 2.70. The highest BCUT2D eigenvalue weighted by Gasteiger charge is 2.07. The van der Waals surface area contributed by atoms with Crippen LogP contribution >= 0.6 is 0 Å². The Morgan fingerprint density at radius 2 is 2.15 bits per heavy atom. The summed E-state index contributed by atoms with van der Waals surface area (Å²) in [6.45, 7) is 3.96. The second-order valence-corrected chi connectivity index (χ2v) is 4.18. The van der Waals surface area contributed by atoms with E-state index in [4.69, 9.17) is 10.6 Å². The fraction of sp³-hybridized carbons (Fsp3) is 0.214. The molecule has 0 aliphatic rings. The summed E-state index contributed by atoms with van der Waals surface area (Å²) in [5.74, 6) is -0.949. The lowest BCUT2D eigenvalue weighted by atomic mass is 10.0. The maximum atomic E-state index is 12.9. The lowest BCUT2D eigenvalue weighted by molar-refractivity contribution is 0.311. The SMILES string of the molecule is CC/C(=N\Oc1ncc(F)c(N)n1)c1ccccc1C. The normalized spacial score (nSPS) is 11.4. The van der Waals surface area contributed by atoms with Gasteiger partial charge in [-0.2, -0.15) is 9.97 Å². The van der Waals surface area contributed by atoms with Crippen molar-refractivity contribution >= 4 is 11.5 Å². The fourth-order valence-corrected chi connectivity index (χ4v) is 1.70. The van der Waals surface area contributed by atoms with Crippen molar-refractivity contribution in [2.45, 2.75) is 20.3 Å². The van der Waals surface area contributed by atoms with Crippen molar-refractivity contribution in [1.82, 2.24) is 9.97 Å². The highest BCUT2D eigenvalue weighted by Crippen LogP contribution is 2.13. The van der Waals surface area contributed by atoms with E-state index < -0.39 is 5.82 Å². The zero-order valence-corrected chi connectivity index (χ0v) is 11.3. The molecule has 2 N–H and O–H groups in total. The van der Waals surface area contributed by atoms with Crippen LogP contribution in [0.4, 0.5) is 10.2 Å². The van der Waals surface area contributed by atoms with Crippen LogP contribution in [-0.4, -0.2) is 15.7 Å². The first kappa shape index (κ1) is 13.9. The molecule has 1 aromatic carbocycles. The molecule has 0 radical (unpaired) electrons. The van der Waals surface area contributed by atoms with Crippen molar-refractivity contribution in [1.29, 1.82) is 0 Å². The maximum Gasteiger partial charge on any atom is 0.347 e. The number of hydrogen-bond acceptors (Lipinski definition) is 5. The molecule has 0 saturated heterocycles. The Bertz CT molecular complexity index is 643. The molecule has 0 saturated carbocycles. The smallest absolute Gasteiger partial charge is 0.347 e. The molecule has 0 spiro atoms. The topological polar surface area (TPSA) is 73.4 Å². The summed E-state index contributed by atoms with van der Waals surface area (Å²) < 4.78 is 12.9. The molecule has 0 fully saturated rings. The van der Waals surface area contributed by atoms with E-state index >= 15 is 0 Å². The number of aryl methyl sites for hydroxylation is 1. The van der Waals surface area contributed by atoms with E-state index in [0.29, 0.717) is 6.42 Å². The predicted molar refractivity (Wildman–Crippen MR) is 75.0 cm³/mol. The van der Waals surface area contributed by atoms with Crippen molar-refractivity contribution < 1.29 is 9.23 Å². The molecule has 2 rings (SSSR count). The van der Waals surface area contributed by atoms with Gasteiger partial charge in [-0.3, -0.25) is 0 Å². The molecule has 1 aromatic heterocycles. The van der Waals surface area contributed by atoms with Crippen LogP contribution in [0.3, 0.4) is 0 Å². The first-order valence-electron chi connectivity index (χ1n) is 6.19. The zero-order valence-electron chi connectivity index (χ0n) is 11.3. The second-order valence-electron chi connectivity index (χ2n) is 4.18. The third-order valence-electron chi connectivity index (χ3n) is 2.78. The van der Waals surface area contributed by atoms with Gasteiger partial charge < -0.3 is 10.6 Å². The summed E-state index contributed by atoms with van der Waals surface area (Å²) >= 11 is 0. The van der Waals surface area contributed by atoms with Crippen LogP contribution in [0, 0.1) is 12.7 Å². The number of oxime groups is 1. The number of halogens is 1.